The topological polar surface area (TPSA) is 74.5 Å². The molecular weight excluding hydrogens is 210 g/mol. The summed E-state index contributed by atoms with van der Waals surface area (Å²) in [7, 11) is 0. The largest absolute Gasteiger partial charge is 0.364 e. The van der Waals surface area contributed by atoms with E-state index in [1.165, 1.54) is 6.20 Å². The van der Waals surface area contributed by atoms with Gasteiger partial charge in [0, 0.05) is 11.1 Å². The molecule has 2 aromatic rings. The van der Waals surface area contributed by atoms with E-state index in [-0.39, 0.29) is 0 Å². The molecule has 15 heavy (non-hydrogen) atoms. The van der Waals surface area contributed by atoms with Gasteiger partial charge in [0.2, 0.25) is 0 Å². The lowest BCUT2D eigenvalue weighted by Gasteiger charge is -2.01. The van der Waals surface area contributed by atoms with E-state index in [0.29, 0.717) is 18.1 Å². The molecule has 74 valence electrons. The van der Waals surface area contributed by atoms with Gasteiger partial charge in [0.05, 0.1) is 24.4 Å². The van der Waals surface area contributed by atoms with Crippen molar-refractivity contribution in [2.45, 2.75) is 6.54 Å². The molecule has 1 N–H and O–H groups in total. The number of aromatic nitrogens is 3. The zero-order chi connectivity index (χ0) is 10.5. The third-order valence-corrected chi connectivity index (χ3v) is 2.47. The van der Waals surface area contributed by atoms with Crippen molar-refractivity contribution in [3.05, 3.63) is 34.7 Å². The van der Waals surface area contributed by atoms with E-state index >= 15 is 0 Å². The lowest BCUT2D eigenvalue weighted by Crippen LogP contribution is -2.00. The first-order valence-corrected chi connectivity index (χ1v) is 5.10. The second kappa shape index (κ2) is 4.48. The van der Waals surface area contributed by atoms with Crippen molar-refractivity contribution in [3.8, 4) is 6.07 Å². The van der Waals surface area contributed by atoms with Gasteiger partial charge >= 0.3 is 0 Å². The fraction of sp³-hybridized carbons (Fsp3) is 0.111. The molecule has 0 saturated heterocycles. The van der Waals surface area contributed by atoms with E-state index in [0.717, 1.165) is 4.88 Å². The molecule has 0 aromatic carbocycles. The molecule has 2 aromatic heterocycles. The highest BCUT2D eigenvalue weighted by molar-refractivity contribution is 7.09. The summed E-state index contributed by atoms with van der Waals surface area (Å²) < 4.78 is 0. The van der Waals surface area contributed by atoms with Crippen LogP contribution in [0.15, 0.2) is 24.1 Å². The molecule has 2 heterocycles. The van der Waals surface area contributed by atoms with Crippen LogP contribution < -0.4 is 5.32 Å². The maximum atomic E-state index is 8.53. The highest BCUT2D eigenvalue weighted by atomic mass is 32.1. The summed E-state index contributed by atoms with van der Waals surface area (Å²) in [6, 6.07) is 1.91. The van der Waals surface area contributed by atoms with Crippen molar-refractivity contribution in [1.82, 2.24) is 15.0 Å². The van der Waals surface area contributed by atoms with Crippen LogP contribution in [0.3, 0.4) is 0 Å². The second-order valence-electron chi connectivity index (χ2n) is 2.72. The molecular formula is C9H7N5S. The number of rotatable bonds is 3. The quantitative estimate of drug-likeness (QED) is 0.841. The van der Waals surface area contributed by atoms with Crippen molar-refractivity contribution in [1.29, 1.82) is 5.26 Å². The number of nitrogens with zero attached hydrogens (tertiary/aromatic N) is 4. The lowest BCUT2D eigenvalue weighted by molar-refractivity contribution is 1.09. The third kappa shape index (κ3) is 2.48. The Labute approximate surface area is 90.5 Å². The van der Waals surface area contributed by atoms with Crippen molar-refractivity contribution >= 4 is 17.2 Å². The summed E-state index contributed by atoms with van der Waals surface area (Å²) in [5.41, 5.74) is 2.10. The van der Waals surface area contributed by atoms with Crippen LogP contribution in [0.25, 0.3) is 0 Å². The summed E-state index contributed by atoms with van der Waals surface area (Å²) in [4.78, 5) is 13.0. The van der Waals surface area contributed by atoms with Crippen LogP contribution in [0.4, 0.5) is 5.82 Å². The molecule has 2 rings (SSSR count). The first-order valence-electron chi connectivity index (χ1n) is 4.22. The lowest BCUT2D eigenvalue weighted by atomic mass is 10.5. The van der Waals surface area contributed by atoms with Gasteiger partial charge in [0.25, 0.3) is 0 Å². The number of hydrogen-bond donors (Lipinski definition) is 1. The zero-order valence-electron chi connectivity index (χ0n) is 7.71. The minimum atomic E-state index is 0.318. The van der Waals surface area contributed by atoms with Gasteiger partial charge in [-0.3, -0.25) is 4.98 Å². The smallest absolute Gasteiger partial charge is 0.158 e. The summed E-state index contributed by atoms with van der Waals surface area (Å²) in [5, 5.41) is 11.6. The van der Waals surface area contributed by atoms with Crippen molar-refractivity contribution in [2.24, 2.45) is 0 Å². The molecule has 0 amide bonds. The van der Waals surface area contributed by atoms with Crippen molar-refractivity contribution in [3.63, 3.8) is 0 Å². The van der Waals surface area contributed by atoms with E-state index in [2.05, 4.69) is 20.3 Å². The maximum absolute atomic E-state index is 8.53. The van der Waals surface area contributed by atoms with Gasteiger partial charge < -0.3 is 5.32 Å². The van der Waals surface area contributed by atoms with Crippen LogP contribution in [0.1, 0.15) is 10.6 Å². The van der Waals surface area contributed by atoms with Crippen molar-refractivity contribution in [2.75, 3.05) is 5.32 Å². The first-order chi connectivity index (χ1) is 7.38. The normalized spacial score (nSPS) is 9.53. The molecule has 0 atom stereocenters. The summed E-state index contributed by atoms with van der Waals surface area (Å²) in [6.07, 6.45) is 4.78. The predicted octanol–water partition coefficient (Wildman–Crippen LogP) is 1.42. The molecule has 0 aliphatic carbocycles. The Morgan fingerprint density at radius 3 is 2.87 bits per heavy atom. The Bertz CT molecular complexity index is 456. The summed E-state index contributed by atoms with van der Waals surface area (Å²) >= 11 is 1.58. The Hall–Kier alpha value is -2.00. The van der Waals surface area contributed by atoms with Crippen LogP contribution in [-0.4, -0.2) is 15.0 Å². The maximum Gasteiger partial charge on any atom is 0.158 e. The van der Waals surface area contributed by atoms with Crippen LogP contribution in [0.5, 0.6) is 0 Å². The van der Waals surface area contributed by atoms with Crippen LogP contribution in [-0.2, 0) is 6.54 Å². The fourth-order valence-electron chi connectivity index (χ4n) is 0.984. The van der Waals surface area contributed by atoms with E-state index < -0.39 is 0 Å². The Morgan fingerprint density at radius 1 is 1.33 bits per heavy atom. The molecule has 0 saturated carbocycles. The first kappa shape index (κ1) is 9.55. The van der Waals surface area contributed by atoms with E-state index in [1.807, 2.05) is 6.07 Å². The fourth-order valence-corrected chi connectivity index (χ4v) is 1.52. The zero-order valence-corrected chi connectivity index (χ0v) is 8.53. The molecule has 0 spiro atoms. The molecule has 0 unspecified atom stereocenters. The Kier molecular flexibility index (Phi) is 2.85. The average molecular weight is 217 g/mol. The number of hydrogen-bond acceptors (Lipinski definition) is 6. The minimum absolute atomic E-state index is 0.318. The van der Waals surface area contributed by atoms with Crippen LogP contribution in [0, 0.1) is 11.3 Å². The molecule has 0 radical (unpaired) electrons. The van der Waals surface area contributed by atoms with Crippen LogP contribution >= 0.6 is 11.3 Å². The number of nitriles is 1. The highest BCUT2D eigenvalue weighted by Gasteiger charge is 1.97. The SMILES string of the molecule is N#Cc1cnc(NCc2cncs2)cn1. The molecule has 0 fully saturated rings. The van der Waals surface area contributed by atoms with Crippen LogP contribution in [0.2, 0.25) is 0 Å². The van der Waals surface area contributed by atoms with Gasteiger partial charge in [-0.15, -0.1) is 11.3 Å². The Morgan fingerprint density at radius 2 is 2.27 bits per heavy atom. The highest BCUT2D eigenvalue weighted by Crippen LogP contribution is 2.08. The van der Waals surface area contributed by atoms with Gasteiger partial charge in [-0.25, -0.2) is 9.97 Å². The molecule has 0 aliphatic heterocycles. The average Bonchev–Trinajstić information content (AvgIpc) is 2.80. The van der Waals surface area contributed by atoms with Gasteiger partial charge in [0.1, 0.15) is 11.9 Å². The molecule has 0 bridgehead atoms. The standard InChI is InChI=1S/C9H7N5S/c10-1-7-2-13-9(5-12-7)14-4-8-3-11-6-15-8/h2-3,5-6H,4H2,(H,13,14). The van der Waals surface area contributed by atoms with Crippen molar-refractivity contribution < 1.29 is 0 Å². The monoisotopic (exact) mass is 217 g/mol. The van der Waals surface area contributed by atoms with Gasteiger partial charge in [-0.05, 0) is 0 Å². The third-order valence-electron chi connectivity index (χ3n) is 1.69. The van der Waals surface area contributed by atoms with Gasteiger partial charge in [-0.1, -0.05) is 0 Å². The van der Waals surface area contributed by atoms with E-state index in [9.17, 15) is 0 Å². The van der Waals surface area contributed by atoms with E-state index in [1.54, 1.807) is 29.2 Å². The molecule has 0 aliphatic rings. The minimum Gasteiger partial charge on any atom is -0.364 e. The number of nitrogens with one attached hydrogen (secondary N) is 1. The number of thiazole rings is 1. The van der Waals surface area contributed by atoms with E-state index in [4.69, 9.17) is 5.26 Å². The predicted molar refractivity (Wildman–Crippen MR) is 56.2 cm³/mol. The molecule has 5 nitrogen and oxygen atoms in total. The van der Waals surface area contributed by atoms with Gasteiger partial charge in [-0.2, -0.15) is 5.26 Å². The number of anilines is 1. The van der Waals surface area contributed by atoms with Gasteiger partial charge in [0.15, 0.2) is 5.69 Å². The molecule has 6 heteroatoms. The summed E-state index contributed by atoms with van der Waals surface area (Å²) in [5.74, 6) is 0.655. The summed E-state index contributed by atoms with van der Waals surface area (Å²) in [6.45, 7) is 0.672. The second-order valence-corrected chi connectivity index (χ2v) is 3.69. The Balaban J connectivity index is 1.97.